The quantitative estimate of drug-likeness (QED) is 0.278. The van der Waals surface area contributed by atoms with Crippen molar-refractivity contribution in [2.75, 3.05) is 31.1 Å². The second kappa shape index (κ2) is 12.1. The van der Waals surface area contributed by atoms with Gasteiger partial charge in [-0.1, -0.05) is 61.2 Å². The highest BCUT2D eigenvalue weighted by Gasteiger charge is 2.21. The van der Waals surface area contributed by atoms with E-state index in [0.29, 0.717) is 5.69 Å². The first-order valence-corrected chi connectivity index (χ1v) is 11.0. The van der Waals surface area contributed by atoms with Gasteiger partial charge in [0, 0.05) is 49.2 Å². The number of hydrogen-bond donors (Lipinski definition) is 2. The number of carbonyl (C=O) groups is 1. The number of para-hydroxylation sites is 2. The van der Waals surface area contributed by atoms with Crippen LogP contribution in [-0.4, -0.2) is 48.1 Å². The second-order valence-electron chi connectivity index (χ2n) is 7.44. The zero-order chi connectivity index (χ0) is 23.5. The van der Waals surface area contributed by atoms with Gasteiger partial charge in [0.1, 0.15) is 0 Å². The van der Waals surface area contributed by atoms with E-state index in [2.05, 4.69) is 46.0 Å². The molecule has 2 aromatic carbocycles. The summed E-state index contributed by atoms with van der Waals surface area (Å²) in [5.74, 6) is -0.268. The number of nitrogens with one attached hydrogen (secondary N) is 1. The summed E-state index contributed by atoms with van der Waals surface area (Å²) in [5, 5.41) is 12.5. The van der Waals surface area contributed by atoms with Crippen LogP contribution in [0.4, 0.5) is 11.4 Å². The molecule has 3 rings (SSSR count). The van der Waals surface area contributed by atoms with Crippen molar-refractivity contribution in [3.63, 3.8) is 0 Å². The summed E-state index contributed by atoms with van der Waals surface area (Å²) in [5.41, 5.74) is 3.56. The molecule has 0 atom stereocenters. The first-order valence-electron chi connectivity index (χ1n) is 11.0. The lowest BCUT2D eigenvalue weighted by Gasteiger charge is -2.38. The molecule has 0 amide bonds. The minimum atomic E-state index is -0.991. The molecule has 0 aliphatic carbocycles. The Balaban J connectivity index is 1.88. The Morgan fingerprint density at radius 2 is 1.73 bits per heavy atom. The second-order valence-corrected chi connectivity index (χ2v) is 7.44. The summed E-state index contributed by atoms with van der Waals surface area (Å²) in [4.78, 5) is 20.5. The molecule has 6 heteroatoms. The molecule has 1 heterocycles. The number of hydrogen-bond acceptors (Lipinski definition) is 3. The summed E-state index contributed by atoms with van der Waals surface area (Å²) in [6.07, 6.45) is 10.2. The Bertz CT molecular complexity index is 1060. The van der Waals surface area contributed by atoms with Crippen LogP contribution in [0.2, 0.25) is 0 Å². The maximum absolute atomic E-state index is 11.0. The van der Waals surface area contributed by atoms with Crippen molar-refractivity contribution in [3.05, 3.63) is 103 Å². The average molecular weight is 443 g/mol. The first kappa shape index (κ1) is 23.6. The van der Waals surface area contributed by atoms with Crippen molar-refractivity contribution in [1.82, 2.24) is 10.2 Å². The van der Waals surface area contributed by atoms with Crippen LogP contribution in [0.25, 0.3) is 6.08 Å². The maximum atomic E-state index is 11.0. The van der Waals surface area contributed by atoms with Crippen molar-refractivity contribution < 1.29 is 9.90 Å². The summed E-state index contributed by atoms with van der Waals surface area (Å²) in [6.45, 7) is 9.06. The topological polar surface area (TPSA) is 68.2 Å². The Morgan fingerprint density at radius 1 is 1.03 bits per heavy atom. The molecule has 1 fully saturated rings. The van der Waals surface area contributed by atoms with Gasteiger partial charge in [0.25, 0.3) is 0 Å². The SMILES string of the molecule is C=C/C=C\C(=C/C)NC(=Nc1ccccc1/C=C/C(=O)O)N1CCN(c2ccccc2)CC1. The molecule has 1 aliphatic heterocycles. The van der Waals surface area contributed by atoms with Crippen LogP contribution in [0.3, 0.4) is 0 Å². The molecular formula is C27H30N4O2. The molecule has 33 heavy (non-hydrogen) atoms. The molecule has 2 aromatic rings. The number of carboxylic acid groups (broad SMARTS) is 1. The van der Waals surface area contributed by atoms with Gasteiger partial charge in [0.2, 0.25) is 5.96 Å². The number of anilines is 1. The molecular weight excluding hydrogens is 412 g/mol. The van der Waals surface area contributed by atoms with Crippen LogP contribution < -0.4 is 10.2 Å². The number of rotatable bonds is 7. The van der Waals surface area contributed by atoms with Gasteiger partial charge in [0.05, 0.1) is 5.69 Å². The average Bonchev–Trinajstić information content (AvgIpc) is 2.86. The summed E-state index contributed by atoms with van der Waals surface area (Å²) in [7, 11) is 0. The zero-order valence-corrected chi connectivity index (χ0v) is 18.9. The highest BCUT2D eigenvalue weighted by atomic mass is 16.4. The highest BCUT2D eigenvalue weighted by molar-refractivity contribution is 5.89. The molecule has 0 bridgehead atoms. The third kappa shape index (κ3) is 6.97. The van der Waals surface area contributed by atoms with E-state index < -0.39 is 5.97 Å². The molecule has 0 unspecified atom stereocenters. The molecule has 2 N–H and O–H groups in total. The Kier molecular flexibility index (Phi) is 8.65. The number of aliphatic imine (C=N–C) groups is 1. The molecule has 0 aromatic heterocycles. The predicted octanol–water partition coefficient (Wildman–Crippen LogP) is 4.83. The van der Waals surface area contributed by atoms with E-state index in [1.807, 2.05) is 55.5 Å². The van der Waals surface area contributed by atoms with Gasteiger partial charge in [-0.3, -0.25) is 0 Å². The largest absolute Gasteiger partial charge is 0.478 e. The summed E-state index contributed by atoms with van der Waals surface area (Å²) in [6, 6.07) is 17.9. The van der Waals surface area contributed by atoms with Crippen molar-refractivity contribution >= 4 is 29.4 Å². The van der Waals surface area contributed by atoms with Crippen molar-refractivity contribution in [1.29, 1.82) is 0 Å². The van der Waals surface area contributed by atoms with Gasteiger partial charge >= 0.3 is 5.97 Å². The molecule has 170 valence electrons. The smallest absolute Gasteiger partial charge is 0.328 e. The Morgan fingerprint density at radius 3 is 2.39 bits per heavy atom. The molecule has 0 radical (unpaired) electrons. The number of allylic oxidation sites excluding steroid dienone is 4. The van der Waals surface area contributed by atoms with Gasteiger partial charge in [-0.2, -0.15) is 0 Å². The van der Waals surface area contributed by atoms with E-state index in [4.69, 9.17) is 10.1 Å². The van der Waals surface area contributed by atoms with E-state index in [1.54, 1.807) is 12.2 Å². The number of carboxylic acids is 1. The van der Waals surface area contributed by atoms with E-state index >= 15 is 0 Å². The fourth-order valence-corrected chi connectivity index (χ4v) is 3.51. The number of benzene rings is 2. The van der Waals surface area contributed by atoms with Crippen LogP contribution in [0.15, 0.2) is 102 Å². The molecule has 0 spiro atoms. The number of aliphatic carboxylic acids is 1. The van der Waals surface area contributed by atoms with Crippen LogP contribution in [-0.2, 0) is 4.79 Å². The van der Waals surface area contributed by atoms with Gasteiger partial charge in [-0.25, -0.2) is 9.79 Å². The van der Waals surface area contributed by atoms with Crippen LogP contribution in [0, 0.1) is 0 Å². The lowest BCUT2D eigenvalue weighted by atomic mass is 10.1. The molecule has 6 nitrogen and oxygen atoms in total. The minimum Gasteiger partial charge on any atom is -0.478 e. The number of guanidine groups is 1. The normalized spacial score (nSPS) is 15.3. The third-order valence-corrected chi connectivity index (χ3v) is 5.25. The fourth-order valence-electron chi connectivity index (χ4n) is 3.51. The zero-order valence-electron chi connectivity index (χ0n) is 18.9. The van der Waals surface area contributed by atoms with Gasteiger partial charge < -0.3 is 20.2 Å². The van der Waals surface area contributed by atoms with Crippen LogP contribution in [0.1, 0.15) is 12.5 Å². The number of piperazine rings is 1. The monoisotopic (exact) mass is 442 g/mol. The standard InChI is InChI=1S/C27H30N4O2/c1-3-5-12-23(4-2)28-27(29-25-15-10-9-11-22(25)16-17-26(32)33)31-20-18-30(19-21-31)24-13-7-6-8-14-24/h3-17H,1,18-21H2,2H3,(H,28,29)(H,32,33)/b12-5-,17-16+,23-4+. The molecule has 1 aliphatic rings. The van der Waals surface area contributed by atoms with E-state index in [0.717, 1.165) is 49.5 Å². The highest BCUT2D eigenvalue weighted by Crippen LogP contribution is 2.22. The van der Waals surface area contributed by atoms with Crippen LogP contribution >= 0.6 is 0 Å². The van der Waals surface area contributed by atoms with E-state index in [1.165, 1.54) is 5.69 Å². The Hall–Kier alpha value is -4.06. The van der Waals surface area contributed by atoms with Gasteiger partial charge in [0.15, 0.2) is 0 Å². The van der Waals surface area contributed by atoms with E-state index in [-0.39, 0.29) is 0 Å². The number of nitrogens with zero attached hydrogens (tertiary/aromatic N) is 3. The lowest BCUT2D eigenvalue weighted by Crippen LogP contribution is -2.52. The maximum Gasteiger partial charge on any atom is 0.328 e. The van der Waals surface area contributed by atoms with Crippen molar-refractivity contribution in [2.45, 2.75) is 6.92 Å². The van der Waals surface area contributed by atoms with Crippen LogP contribution in [0.5, 0.6) is 0 Å². The molecule has 1 saturated heterocycles. The predicted molar refractivity (Wildman–Crippen MR) is 137 cm³/mol. The first-order chi connectivity index (χ1) is 16.1. The summed E-state index contributed by atoms with van der Waals surface area (Å²) < 4.78 is 0. The van der Waals surface area contributed by atoms with Crippen molar-refractivity contribution in [3.8, 4) is 0 Å². The van der Waals surface area contributed by atoms with Gasteiger partial charge in [-0.05, 0) is 37.3 Å². The van der Waals surface area contributed by atoms with Crippen molar-refractivity contribution in [2.24, 2.45) is 4.99 Å². The van der Waals surface area contributed by atoms with E-state index in [9.17, 15) is 4.79 Å². The molecule has 0 saturated carbocycles. The fraction of sp³-hybridized carbons (Fsp3) is 0.185. The minimum absolute atomic E-state index is 0.700. The lowest BCUT2D eigenvalue weighted by molar-refractivity contribution is -0.131. The third-order valence-electron chi connectivity index (χ3n) is 5.25. The van der Waals surface area contributed by atoms with Gasteiger partial charge in [-0.15, -0.1) is 0 Å². The summed E-state index contributed by atoms with van der Waals surface area (Å²) >= 11 is 0. The Labute approximate surface area is 195 Å².